The van der Waals surface area contributed by atoms with Crippen LogP contribution in [0.5, 0.6) is 0 Å². The molecule has 1 aromatic carbocycles. The van der Waals surface area contributed by atoms with Gasteiger partial charge in [0.15, 0.2) is 0 Å². The van der Waals surface area contributed by atoms with Crippen LogP contribution in [0.4, 0.5) is 11.4 Å². The van der Waals surface area contributed by atoms with Gasteiger partial charge in [-0.2, -0.15) is 0 Å². The Kier molecular flexibility index (Phi) is 4.02. The fourth-order valence-corrected chi connectivity index (χ4v) is 2.18. The Morgan fingerprint density at radius 1 is 1.25 bits per heavy atom. The van der Waals surface area contributed by atoms with Crippen molar-refractivity contribution < 1.29 is 14.4 Å². The minimum atomic E-state index is -0.505. The molecule has 0 saturated carbocycles. The molecule has 2 rings (SSSR count). The summed E-state index contributed by atoms with van der Waals surface area (Å²) in [6.07, 6.45) is 0.181. The van der Waals surface area contributed by atoms with E-state index in [0.29, 0.717) is 12.2 Å². The zero-order chi connectivity index (χ0) is 14.7. The van der Waals surface area contributed by atoms with E-state index in [-0.39, 0.29) is 24.1 Å². The molecule has 0 spiro atoms. The lowest BCUT2D eigenvalue weighted by molar-refractivity contribution is -0.138. The van der Waals surface area contributed by atoms with Crippen LogP contribution in [0.1, 0.15) is 20.3 Å². The zero-order valence-corrected chi connectivity index (χ0v) is 11.5. The highest BCUT2D eigenvalue weighted by molar-refractivity contribution is 6.06. The van der Waals surface area contributed by atoms with Gasteiger partial charge in [0.25, 0.3) is 5.91 Å². The second-order valence-electron chi connectivity index (χ2n) is 4.64. The van der Waals surface area contributed by atoms with E-state index in [4.69, 9.17) is 0 Å². The number of amides is 3. The van der Waals surface area contributed by atoms with Crippen LogP contribution in [0.25, 0.3) is 0 Å². The number of likely N-dealkylation sites (N-methyl/N-ethyl adjacent to an activating group) is 1. The average Bonchev–Trinajstić information content (AvgIpc) is 2.66. The number of likely N-dealkylation sites (tertiary alicyclic amines) is 1. The second kappa shape index (κ2) is 5.73. The summed E-state index contributed by atoms with van der Waals surface area (Å²) in [6.45, 7) is 3.62. The van der Waals surface area contributed by atoms with Gasteiger partial charge in [0.1, 0.15) is 6.04 Å². The maximum Gasteiger partial charge on any atom is 0.252 e. The van der Waals surface area contributed by atoms with Crippen molar-refractivity contribution in [3.05, 3.63) is 24.3 Å². The SMILES string of the molecule is CCN1C(=O)C[C@@H](Nc2ccc(NC(C)=O)cc2)C1=O. The van der Waals surface area contributed by atoms with E-state index >= 15 is 0 Å². The number of carbonyl (C=O) groups excluding carboxylic acids is 3. The molecule has 1 aromatic rings. The molecule has 6 heteroatoms. The summed E-state index contributed by atoms with van der Waals surface area (Å²) in [5, 5.41) is 5.70. The summed E-state index contributed by atoms with van der Waals surface area (Å²) >= 11 is 0. The van der Waals surface area contributed by atoms with Gasteiger partial charge >= 0.3 is 0 Å². The Hall–Kier alpha value is -2.37. The van der Waals surface area contributed by atoms with Crippen LogP contribution >= 0.6 is 0 Å². The first kappa shape index (κ1) is 14.0. The molecular weight excluding hydrogens is 258 g/mol. The molecule has 0 radical (unpaired) electrons. The van der Waals surface area contributed by atoms with Crippen LogP contribution in [0, 0.1) is 0 Å². The molecule has 1 saturated heterocycles. The number of carbonyl (C=O) groups is 3. The highest BCUT2D eigenvalue weighted by Crippen LogP contribution is 2.19. The van der Waals surface area contributed by atoms with Gasteiger partial charge in [-0.3, -0.25) is 19.3 Å². The maximum absolute atomic E-state index is 11.9. The Morgan fingerprint density at radius 3 is 2.35 bits per heavy atom. The molecule has 0 aliphatic carbocycles. The number of imide groups is 1. The van der Waals surface area contributed by atoms with Gasteiger partial charge in [-0.05, 0) is 31.2 Å². The van der Waals surface area contributed by atoms with Gasteiger partial charge in [0, 0.05) is 24.8 Å². The molecule has 20 heavy (non-hydrogen) atoms. The standard InChI is InChI=1S/C14H17N3O3/c1-3-17-13(19)8-12(14(17)20)16-11-6-4-10(5-7-11)15-9(2)18/h4-7,12,16H,3,8H2,1-2H3,(H,15,18)/t12-/m1/s1. The highest BCUT2D eigenvalue weighted by Gasteiger charge is 2.37. The molecule has 1 aliphatic rings. The van der Waals surface area contributed by atoms with Gasteiger partial charge in [-0.25, -0.2) is 0 Å². The van der Waals surface area contributed by atoms with Crippen molar-refractivity contribution in [3.8, 4) is 0 Å². The third kappa shape index (κ3) is 2.96. The van der Waals surface area contributed by atoms with Crippen molar-refractivity contribution in [1.29, 1.82) is 0 Å². The lowest BCUT2D eigenvalue weighted by Gasteiger charge is -2.14. The molecule has 2 N–H and O–H groups in total. The Morgan fingerprint density at radius 2 is 1.85 bits per heavy atom. The van der Waals surface area contributed by atoms with E-state index in [1.54, 1.807) is 31.2 Å². The molecule has 1 atom stereocenters. The largest absolute Gasteiger partial charge is 0.373 e. The number of hydrogen-bond acceptors (Lipinski definition) is 4. The Bertz CT molecular complexity index is 539. The number of anilines is 2. The van der Waals surface area contributed by atoms with Crippen LogP contribution in [0.15, 0.2) is 24.3 Å². The minimum Gasteiger partial charge on any atom is -0.373 e. The second-order valence-corrected chi connectivity index (χ2v) is 4.64. The summed E-state index contributed by atoms with van der Waals surface area (Å²) in [5.74, 6) is -0.478. The first-order chi connectivity index (χ1) is 9.51. The van der Waals surface area contributed by atoms with Crippen LogP contribution in [0.2, 0.25) is 0 Å². The van der Waals surface area contributed by atoms with Crippen molar-refractivity contribution >= 4 is 29.1 Å². The van der Waals surface area contributed by atoms with Gasteiger partial charge < -0.3 is 10.6 Å². The van der Waals surface area contributed by atoms with E-state index in [1.807, 2.05) is 0 Å². The molecule has 1 aliphatic heterocycles. The van der Waals surface area contributed by atoms with E-state index < -0.39 is 6.04 Å². The molecule has 3 amide bonds. The fourth-order valence-electron chi connectivity index (χ4n) is 2.18. The maximum atomic E-state index is 11.9. The van der Waals surface area contributed by atoms with Crippen LogP contribution in [-0.4, -0.2) is 35.2 Å². The third-order valence-corrected chi connectivity index (χ3v) is 3.11. The van der Waals surface area contributed by atoms with Gasteiger partial charge in [0.2, 0.25) is 11.8 Å². The lowest BCUT2D eigenvalue weighted by atomic mass is 10.2. The molecule has 106 valence electrons. The quantitative estimate of drug-likeness (QED) is 0.809. The van der Waals surface area contributed by atoms with E-state index in [9.17, 15) is 14.4 Å². The number of rotatable bonds is 4. The van der Waals surface area contributed by atoms with Crippen LogP contribution in [-0.2, 0) is 14.4 Å². The first-order valence-electron chi connectivity index (χ1n) is 6.49. The molecule has 0 unspecified atom stereocenters. The van der Waals surface area contributed by atoms with E-state index in [1.165, 1.54) is 11.8 Å². The Labute approximate surface area is 117 Å². The third-order valence-electron chi connectivity index (χ3n) is 3.11. The number of nitrogens with one attached hydrogen (secondary N) is 2. The first-order valence-corrected chi connectivity index (χ1v) is 6.49. The van der Waals surface area contributed by atoms with Gasteiger partial charge in [-0.1, -0.05) is 0 Å². The number of nitrogens with zero attached hydrogens (tertiary/aromatic N) is 1. The van der Waals surface area contributed by atoms with Crippen molar-refractivity contribution in [2.45, 2.75) is 26.3 Å². The summed E-state index contributed by atoms with van der Waals surface area (Å²) in [4.78, 5) is 35.7. The molecule has 6 nitrogen and oxygen atoms in total. The average molecular weight is 275 g/mol. The van der Waals surface area contributed by atoms with Gasteiger partial charge in [-0.15, -0.1) is 0 Å². The van der Waals surface area contributed by atoms with Crippen LogP contribution < -0.4 is 10.6 Å². The predicted octanol–water partition coefficient (Wildman–Crippen LogP) is 1.20. The normalized spacial score (nSPS) is 18.3. The molecular formula is C14H17N3O3. The van der Waals surface area contributed by atoms with Crippen molar-refractivity contribution in [1.82, 2.24) is 4.90 Å². The van der Waals surface area contributed by atoms with E-state index in [2.05, 4.69) is 10.6 Å². The predicted molar refractivity (Wildman–Crippen MR) is 75.2 cm³/mol. The molecule has 1 fully saturated rings. The van der Waals surface area contributed by atoms with Crippen molar-refractivity contribution in [3.63, 3.8) is 0 Å². The highest BCUT2D eigenvalue weighted by atomic mass is 16.2. The summed E-state index contributed by atoms with van der Waals surface area (Å²) in [6, 6.07) is 6.49. The number of benzene rings is 1. The molecule has 1 heterocycles. The molecule has 0 aromatic heterocycles. The summed E-state index contributed by atoms with van der Waals surface area (Å²) < 4.78 is 0. The summed E-state index contributed by atoms with van der Waals surface area (Å²) in [7, 11) is 0. The molecule has 0 bridgehead atoms. The van der Waals surface area contributed by atoms with E-state index in [0.717, 1.165) is 5.69 Å². The fraction of sp³-hybridized carbons (Fsp3) is 0.357. The van der Waals surface area contributed by atoms with Crippen LogP contribution in [0.3, 0.4) is 0 Å². The Balaban J connectivity index is 2.02. The number of hydrogen-bond donors (Lipinski definition) is 2. The zero-order valence-electron chi connectivity index (χ0n) is 11.5. The lowest BCUT2D eigenvalue weighted by Crippen LogP contribution is -2.34. The summed E-state index contributed by atoms with van der Waals surface area (Å²) in [5.41, 5.74) is 1.43. The van der Waals surface area contributed by atoms with Gasteiger partial charge in [0.05, 0.1) is 6.42 Å². The monoisotopic (exact) mass is 275 g/mol. The van der Waals surface area contributed by atoms with Crippen molar-refractivity contribution in [2.24, 2.45) is 0 Å². The van der Waals surface area contributed by atoms with Crippen molar-refractivity contribution in [2.75, 3.05) is 17.2 Å². The minimum absolute atomic E-state index is 0.138. The smallest absolute Gasteiger partial charge is 0.252 e. The topological polar surface area (TPSA) is 78.5 Å².